The van der Waals surface area contributed by atoms with Crippen molar-refractivity contribution in [1.29, 1.82) is 0 Å². The Labute approximate surface area is 105 Å². The Hall–Kier alpha value is -0.610. The van der Waals surface area contributed by atoms with E-state index >= 15 is 0 Å². The number of nitrogens with one attached hydrogen (secondary N) is 1. The SMILES string of the molecule is CC1CCC(C)N(CCCCCC(=O)NN)C1. The van der Waals surface area contributed by atoms with Crippen LogP contribution in [0.2, 0.25) is 0 Å². The zero-order valence-corrected chi connectivity index (χ0v) is 11.2. The molecule has 100 valence electrons. The number of hydrogen-bond acceptors (Lipinski definition) is 3. The zero-order chi connectivity index (χ0) is 12.7. The number of likely N-dealkylation sites (tertiary alicyclic amines) is 1. The third kappa shape index (κ3) is 5.50. The minimum atomic E-state index is -0.0510. The molecule has 0 bridgehead atoms. The molecule has 0 radical (unpaired) electrons. The van der Waals surface area contributed by atoms with Crippen LogP contribution >= 0.6 is 0 Å². The lowest BCUT2D eigenvalue weighted by atomic mass is 9.95. The van der Waals surface area contributed by atoms with Crippen molar-refractivity contribution in [3.8, 4) is 0 Å². The summed E-state index contributed by atoms with van der Waals surface area (Å²) < 4.78 is 0. The first-order valence-corrected chi connectivity index (χ1v) is 6.87. The molecule has 1 rings (SSSR count). The van der Waals surface area contributed by atoms with E-state index in [9.17, 15) is 4.79 Å². The predicted molar refractivity (Wildman–Crippen MR) is 70.2 cm³/mol. The molecule has 2 atom stereocenters. The van der Waals surface area contributed by atoms with Crippen LogP contribution in [0.3, 0.4) is 0 Å². The fraction of sp³-hybridized carbons (Fsp3) is 0.923. The lowest BCUT2D eigenvalue weighted by Gasteiger charge is -2.36. The molecule has 1 aliphatic rings. The van der Waals surface area contributed by atoms with E-state index in [-0.39, 0.29) is 5.91 Å². The van der Waals surface area contributed by atoms with Gasteiger partial charge in [0, 0.05) is 19.0 Å². The molecule has 1 heterocycles. The zero-order valence-electron chi connectivity index (χ0n) is 11.2. The van der Waals surface area contributed by atoms with Crippen LogP contribution in [0.5, 0.6) is 0 Å². The average Bonchev–Trinajstić information content (AvgIpc) is 2.32. The molecule has 0 aliphatic carbocycles. The summed E-state index contributed by atoms with van der Waals surface area (Å²) >= 11 is 0. The first-order chi connectivity index (χ1) is 8.13. The van der Waals surface area contributed by atoms with Crippen molar-refractivity contribution in [2.75, 3.05) is 13.1 Å². The number of hydrogen-bond donors (Lipinski definition) is 2. The monoisotopic (exact) mass is 241 g/mol. The van der Waals surface area contributed by atoms with Gasteiger partial charge in [0.15, 0.2) is 0 Å². The molecule has 1 saturated heterocycles. The number of piperidine rings is 1. The van der Waals surface area contributed by atoms with Crippen LogP contribution in [0.1, 0.15) is 52.4 Å². The third-order valence-electron chi connectivity index (χ3n) is 3.76. The molecule has 4 nitrogen and oxygen atoms in total. The summed E-state index contributed by atoms with van der Waals surface area (Å²) in [5.41, 5.74) is 2.17. The molecule has 4 heteroatoms. The summed E-state index contributed by atoms with van der Waals surface area (Å²) in [6.45, 7) is 7.08. The molecule has 0 aromatic rings. The van der Waals surface area contributed by atoms with Gasteiger partial charge in [0.1, 0.15) is 0 Å². The molecule has 2 unspecified atom stereocenters. The summed E-state index contributed by atoms with van der Waals surface area (Å²) in [7, 11) is 0. The summed E-state index contributed by atoms with van der Waals surface area (Å²) in [5, 5.41) is 0. The third-order valence-corrected chi connectivity index (χ3v) is 3.76. The van der Waals surface area contributed by atoms with E-state index in [4.69, 9.17) is 5.84 Å². The van der Waals surface area contributed by atoms with Gasteiger partial charge in [-0.2, -0.15) is 0 Å². The summed E-state index contributed by atoms with van der Waals surface area (Å²) in [4.78, 5) is 13.5. The molecular weight excluding hydrogens is 214 g/mol. The van der Waals surface area contributed by atoms with E-state index in [1.165, 1.54) is 32.4 Å². The van der Waals surface area contributed by atoms with E-state index in [1.807, 2.05) is 0 Å². The highest BCUT2D eigenvalue weighted by Gasteiger charge is 2.21. The van der Waals surface area contributed by atoms with Crippen molar-refractivity contribution in [2.24, 2.45) is 11.8 Å². The van der Waals surface area contributed by atoms with Crippen LogP contribution in [0.25, 0.3) is 0 Å². The molecular formula is C13H27N3O. The number of hydrazine groups is 1. The molecule has 1 amide bonds. The highest BCUT2D eigenvalue weighted by molar-refractivity contribution is 5.74. The van der Waals surface area contributed by atoms with Crippen molar-refractivity contribution in [1.82, 2.24) is 10.3 Å². The largest absolute Gasteiger partial charge is 0.300 e. The minimum absolute atomic E-state index is 0.0510. The summed E-state index contributed by atoms with van der Waals surface area (Å²) in [6.07, 6.45) is 6.51. The second-order valence-corrected chi connectivity index (χ2v) is 5.40. The van der Waals surface area contributed by atoms with Crippen LogP contribution < -0.4 is 11.3 Å². The van der Waals surface area contributed by atoms with Crippen LogP contribution in [-0.2, 0) is 4.79 Å². The second-order valence-electron chi connectivity index (χ2n) is 5.40. The van der Waals surface area contributed by atoms with Gasteiger partial charge < -0.3 is 4.90 Å². The van der Waals surface area contributed by atoms with E-state index in [1.54, 1.807) is 0 Å². The van der Waals surface area contributed by atoms with Gasteiger partial charge in [-0.25, -0.2) is 5.84 Å². The number of nitrogens with zero attached hydrogens (tertiary/aromatic N) is 1. The maximum atomic E-state index is 10.9. The van der Waals surface area contributed by atoms with Gasteiger partial charge >= 0.3 is 0 Å². The van der Waals surface area contributed by atoms with Gasteiger partial charge in [0.25, 0.3) is 0 Å². The fourth-order valence-corrected chi connectivity index (χ4v) is 2.54. The first kappa shape index (κ1) is 14.5. The van der Waals surface area contributed by atoms with Crippen LogP contribution in [0.15, 0.2) is 0 Å². The smallest absolute Gasteiger partial charge is 0.233 e. The number of carbonyl (C=O) groups is 1. The van der Waals surface area contributed by atoms with Gasteiger partial charge in [0.05, 0.1) is 0 Å². The summed E-state index contributed by atoms with van der Waals surface area (Å²) in [6, 6.07) is 0.735. The average molecular weight is 241 g/mol. The Morgan fingerprint density at radius 2 is 2.06 bits per heavy atom. The normalized spacial score (nSPS) is 25.8. The maximum absolute atomic E-state index is 10.9. The second kappa shape index (κ2) is 7.67. The number of nitrogens with two attached hydrogens (primary N) is 1. The Morgan fingerprint density at radius 1 is 1.29 bits per heavy atom. The van der Waals surface area contributed by atoms with Gasteiger partial charge in [-0.15, -0.1) is 0 Å². The van der Waals surface area contributed by atoms with Crippen LogP contribution in [0, 0.1) is 5.92 Å². The van der Waals surface area contributed by atoms with Gasteiger partial charge in [-0.3, -0.25) is 10.2 Å². The van der Waals surface area contributed by atoms with E-state index in [2.05, 4.69) is 24.2 Å². The highest BCUT2D eigenvalue weighted by Crippen LogP contribution is 2.21. The molecule has 0 aromatic carbocycles. The lowest BCUT2D eigenvalue weighted by Crippen LogP contribution is -2.41. The quantitative estimate of drug-likeness (QED) is 0.322. The standard InChI is InChI=1S/C13H27N3O/c1-11-7-8-12(2)16(10-11)9-5-3-4-6-13(17)15-14/h11-12H,3-10,14H2,1-2H3,(H,15,17). The maximum Gasteiger partial charge on any atom is 0.233 e. The van der Waals surface area contributed by atoms with Crippen molar-refractivity contribution in [3.05, 3.63) is 0 Å². The predicted octanol–water partition coefficient (Wildman–Crippen LogP) is 1.66. The number of unbranched alkanes of at least 4 members (excludes halogenated alkanes) is 2. The Morgan fingerprint density at radius 3 is 2.76 bits per heavy atom. The van der Waals surface area contributed by atoms with Crippen molar-refractivity contribution in [2.45, 2.75) is 58.4 Å². The van der Waals surface area contributed by atoms with Gasteiger partial charge in [0.2, 0.25) is 5.91 Å². The molecule has 1 aliphatic heterocycles. The molecule has 3 N–H and O–H groups in total. The number of amides is 1. The van der Waals surface area contributed by atoms with E-state index in [0.29, 0.717) is 6.42 Å². The van der Waals surface area contributed by atoms with Crippen molar-refractivity contribution in [3.63, 3.8) is 0 Å². The van der Waals surface area contributed by atoms with Crippen molar-refractivity contribution < 1.29 is 4.79 Å². The number of carbonyl (C=O) groups excluding carboxylic acids is 1. The highest BCUT2D eigenvalue weighted by atomic mass is 16.2. The Bertz CT molecular complexity index is 233. The van der Waals surface area contributed by atoms with E-state index in [0.717, 1.165) is 24.8 Å². The van der Waals surface area contributed by atoms with Crippen LogP contribution in [0.4, 0.5) is 0 Å². The van der Waals surface area contributed by atoms with Gasteiger partial charge in [-0.1, -0.05) is 13.3 Å². The lowest BCUT2D eigenvalue weighted by molar-refractivity contribution is -0.121. The summed E-state index contributed by atoms with van der Waals surface area (Å²) in [5.74, 6) is 5.82. The molecule has 1 fully saturated rings. The Kier molecular flexibility index (Phi) is 6.52. The van der Waals surface area contributed by atoms with Crippen molar-refractivity contribution >= 4 is 5.91 Å². The number of rotatable bonds is 6. The molecule has 0 spiro atoms. The molecule has 0 saturated carbocycles. The molecule has 0 aromatic heterocycles. The topological polar surface area (TPSA) is 58.4 Å². The van der Waals surface area contributed by atoms with E-state index < -0.39 is 0 Å². The van der Waals surface area contributed by atoms with Crippen LogP contribution in [-0.4, -0.2) is 29.9 Å². The first-order valence-electron chi connectivity index (χ1n) is 6.87. The molecule has 17 heavy (non-hydrogen) atoms. The Balaban J connectivity index is 2.07. The van der Waals surface area contributed by atoms with Gasteiger partial charge in [-0.05, 0) is 45.1 Å². The minimum Gasteiger partial charge on any atom is -0.300 e. The fourth-order valence-electron chi connectivity index (χ4n) is 2.54.